The van der Waals surface area contributed by atoms with Crippen molar-refractivity contribution in [2.75, 3.05) is 26.9 Å². The maximum Gasteiger partial charge on any atom is 0.251 e. The molecule has 2 fully saturated rings. The molecule has 0 bridgehead atoms. The Morgan fingerprint density at radius 1 is 1.38 bits per heavy atom. The van der Waals surface area contributed by atoms with Gasteiger partial charge in [0, 0.05) is 25.1 Å². The molecular formula is C19H27NO4. The smallest absolute Gasteiger partial charge is 0.251 e. The van der Waals surface area contributed by atoms with E-state index in [1.54, 1.807) is 7.11 Å². The van der Waals surface area contributed by atoms with Crippen LogP contribution in [0.15, 0.2) is 24.3 Å². The van der Waals surface area contributed by atoms with Gasteiger partial charge in [0.15, 0.2) is 0 Å². The Bertz CT molecular complexity index is 552. The van der Waals surface area contributed by atoms with E-state index in [2.05, 4.69) is 0 Å². The molecule has 5 nitrogen and oxygen atoms in total. The summed E-state index contributed by atoms with van der Waals surface area (Å²) in [4.78, 5) is 14.8. The lowest BCUT2D eigenvalue weighted by atomic mass is 10.1. The maximum atomic E-state index is 12.8. The second-order valence-corrected chi connectivity index (χ2v) is 6.76. The number of rotatable bonds is 8. The van der Waals surface area contributed by atoms with Crippen molar-refractivity contribution in [3.63, 3.8) is 0 Å². The van der Waals surface area contributed by atoms with Crippen LogP contribution < -0.4 is 4.74 Å². The van der Waals surface area contributed by atoms with Gasteiger partial charge >= 0.3 is 0 Å². The van der Waals surface area contributed by atoms with E-state index in [-0.39, 0.29) is 5.91 Å². The van der Waals surface area contributed by atoms with Crippen LogP contribution in [0, 0.1) is 5.92 Å². The summed E-state index contributed by atoms with van der Waals surface area (Å²) >= 11 is 0. The van der Waals surface area contributed by atoms with Crippen LogP contribution in [0.5, 0.6) is 5.75 Å². The summed E-state index contributed by atoms with van der Waals surface area (Å²) in [6.45, 7) is 4.66. The van der Waals surface area contributed by atoms with Gasteiger partial charge in [0.05, 0.1) is 20.3 Å². The predicted octanol–water partition coefficient (Wildman–Crippen LogP) is 2.63. The number of methoxy groups -OCH3 is 1. The highest BCUT2D eigenvalue weighted by Crippen LogP contribution is 2.30. The lowest BCUT2D eigenvalue weighted by Crippen LogP contribution is -2.43. The zero-order chi connectivity index (χ0) is 16.9. The first-order chi connectivity index (χ1) is 11.7. The summed E-state index contributed by atoms with van der Waals surface area (Å²) in [6, 6.07) is 8.15. The molecule has 1 saturated carbocycles. The fourth-order valence-corrected chi connectivity index (χ4v) is 3.10. The summed E-state index contributed by atoms with van der Waals surface area (Å²) in [5.41, 5.74) is 1.01. The highest BCUT2D eigenvalue weighted by atomic mass is 16.5. The van der Waals surface area contributed by atoms with Crippen molar-refractivity contribution in [2.45, 2.75) is 44.9 Å². The average molecular weight is 333 g/mol. The van der Waals surface area contributed by atoms with Crippen molar-refractivity contribution in [2.24, 2.45) is 5.92 Å². The zero-order valence-electron chi connectivity index (χ0n) is 14.6. The first-order valence-corrected chi connectivity index (χ1v) is 8.80. The molecule has 0 spiro atoms. The molecule has 132 valence electrons. The normalized spacial score (nSPS) is 21.5. The highest BCUT2D eigenvalue weighted by Gasteiger charge is 2.36. The van der Waals surface area contributed by atoms with Crippen molar-refractivity contribution in [3.05, 3.63) is 29.8 Å². The minimum atomic E-state index is -0.431. The zero-order valence-corrected chi connectivity index (χ0v) is 14.6. The van der Waals surface area contributed by atoms with Crippen LogP contribution in [0.4, 0.5) is 0 Å². The fraction of sp³-hybridized carbons (Fsp3) is 0.632. The van der Waals surface area contributed by atoms with Gasteiger partial charge in [0.1, 0.15) is 11.9 Å². The van der Waals surface area contributed by atoms with Gasteiger partial charge in [-0.05, 0) is 43.9 Å². The highest BCUT2D eigenvalue weighted by molar-refractivity contribution is 5.81. The molecule has 2 aliphatic rings. The van der Waals surface area contributed by atoms with Crippen LogP contribution in [0.25, 0.3) is 0 Å². The van der Waals surface area contributed by atoms with Crippen molar-refractivity contribution >= 4 is 5.91 Å². The van der Waals surface area contributed by atoms with E-state index in [0.29, 0.717) is 18.6 Å². The molecule has 0 aromatic heterocycles. The molecule has 1 saturated heterocycles. The first-order valence-electron chi connectivity index (χ1n) is 8.80. The Balaban J connectivity index is 1.53. The van der Waals surface area contributed by atoms with Crippen LogP contribution in [-0.4, -0.2) is 49.8 Å². The number of nitrogens with zero attached hydrogens (tertiary/aromatic N) is 1. The molecule has 24 heavy (non-hydrogen) atoms. The third kappa shape index (κ3) is 4.48. The van der Waals surface area contributed by atoms with E-state index in [1.807, 2.05) is 36.1 Å². The summed E-state index contributed by atoms with van der Waals surface area (Å²) in [6.07, 6.45) is 2.85. The van der Waals surface area contributed by atoms with Crippen LogP contribution in [0.1, 0.15) is 31.7 Å². The van der Waals surface area contributed by atoms with Crippen molar-refractivity contribution in [3.8, 4) is 5.75 Å². The van der Waals surface area contributed by atoms with Crippen LogP contribution in [0.3, 0.4) is 0 Å². The largest absolute Gasteiger partial charge is 0.497 e. The fourth-order valence-electron chi connectivity index (χ4n) is 3.10. The Labute approximate surface area is 143 Å². The first kappa shape index (κ1) is 17.2. The Hall–Kier alpha value is -1.59. The molecule has 0 unspecified atom stereocenters. The van der Waals surface area contributed by atoms with E-state index >= 15 is 0 Å². The number of benzene rings is 1. The maximum absolute atomic E-state index is 12.8. The summed E-state index contributed by atoms with van der Waals surface area (Å²) in [7, 11) is 1.65. The van der Waals surface area contributed by atoms with E-state index in [1.165, 1.54) is 0 Å². The summed E-state index contributed by atoms with van der Waals surface area (Å²) in [5.74, 6) is 1.38. The molecule has 1 aliphatic carbocycles. The van der Waals surface area contributed by atoms with E-state index < -0.39 is 6.10 Å². The molecule has 2 atom stereocenters. The quantitative estimate of drug-likeness (QED) is 0.734. The number of carbonyl (C=O) groups excluding carboxylic acids is 1. The molecule has 5 heteroatoms. The summed E-state index contributed by atoms with van der Waals surface area (Å²) in [5, 5.41) is 0. The lowest BCUT2D eigenvalue weighted by molar-refractivity contribution is -0.144. The van der Waals surface area contributed by atoms with Gasteiger partial charge in [-0.15, -0.1) is 0 Å². The molecule has 0 radical (unpaired) electrons. The van der Waals surface area contributed by atoms with Gasteiger partial charge in [-0.3, -0.25) is 4.79 Å². The Morgan fingerprint density at radius 2 is 2.21 bits per heavy atom. The molecule has 0 N–H and O–H groups in total. The predicted molar refractivity (Wildman–Crippen MR) is 90.9 cm³/mol. The monoisotopic (exact) mass is 333 g/mol. The standard InChI is InChI=1S/C19H27NO4/c1-14(24-13-15-4-3-5-18(10-15)22-2)19(21)20(17-6-7-17)11-16-8-9-23-12-16/h3-5,10,14,16-17H,6-9,11-13H2,1-2H3/t14-,16+/m0/s1. The number of hydrogen-bond donors (Lipinski definition) is 0. The minimum absolute atomic E-state index is 0.104. The van der Waals surface area contributed by atoms with Gasteiger partial charge in [-0.1, -0.05) is 12.1 Å². The van der Waals surface area contributed by atoms with Gasteiger partial charge < -0.3 is 19.1 Å². The Morgan fingerprint density at radius 3 is 2.88 bits per heavy atom. The molecule has 1 aromatic carbocycles. The van der Waals surface area contributed by atoms with Gasteiger partial charge in [-0.2, -0.15) is 0 Å². The molecular weight excluding hydrogens is 306 g/mol. The summed E-state index contributed by atoms with van der Waals surface area (Å²) < 4.78 is 16.5. The number of carbonyl (C=O) groups is 1. The van der Waals surface area contributed by atoms with Crippen LogP contribution in [-0.2, 0) is 20.9 Å². The van der Waals surface area contributed by atoms with Gasteiger partial charge in [-0.25, -0.2) is 0 Å². The third-order valence-electron chi connectivity index (χ3n) is 4.73. The van der Waals surface area contributed by atoms with Crippen molar-refractivity contribution < 1.29 is 19.0 Å². The molecule has 1 heterocycles. The Kier molecular flexibility index (Phi) is 5.74. The van der Waals surface area contributed by atoms with Crippen molar-refractivity contribution in [1.29, 1.82) is 0 Å². The minimum Gasteiger partial charge on any atom is -0.497 e. The number of ether oxygens (including phenoxy) is 3. The van der Waals surface area contributed by atoms with Crippen LogP contribution >= 0.6 is 0 Å². The lowest BCUT2D eigenvalue weighted by Gasteiger charge is -2.28. The SMILES string of the molecule is COc1cccc(CO[C@@H](C)C(=O)N(C[C@H]2CCOC2)C2CC2)c1. The molecule has 3 rings (SSSR count). The van der Waals surface area contributed by atoms with E-state index in [0.717, 1.165) is 50.3 Å². The topological polar surface area (TPSA) is 48.0 Å². The second-order valence-electron chi connectivity index (χ2n) is 6.76. The second kappa shape index (κ2) is 7.99. The van der Waals surface area contributed by atoms with Gasteiger partial charge in [0.2, 0.25) is 0 Å². The number of amides is 1. The van der Waals surface area contributed by atoms with Gasteiger partial charge in [0.25, 0.3) is 5.91 Å². The van der Waals surface area contributed by atoms with E-state index in [4.69, 9.17) is 14.2 Å². The average Bonchev–Trinajstić information content (AvgIpc) is 3.33. The number of hydrogen-bond acceptors (Lipinski definition) is 4. The molecule has 1 amide bonds. The molecule has 1 aliphatic heterocycles. The van der Waals surface area contributed by atoms with E-state index in [9.17, 15) is 4.79 Å². The third-order valence-corrected chi connectivity index (χ3v) is 4.73. The van der Waals surface area contributed by atoms with Crippen LogP contribution in [0.2, 0.25) is 0 Å². The molecule has 1 aromatic rings. The van der Waals surface area contributed by atoms with Crippen molar-refractivity contribution in [1.82, 2.24) is 4.90 Å².